The van der Waals surface area contributed by atoms with E-state index < -0.39 is 5.54 Å². The number of rotatable bonds is 5. The molecule has 0 saturated carbocycles. The van der Waals surface area contributed by atoms with E-state index in [2.05, 4.69) is 34.5 Å². The van der Waals surface area contributed by atoms with E-state index >= 15 is 0 Å². The summed E-state index contributed by atoms with van der Waals surface area (Å²) in [4.78, 5) is 14.8. The van der Waals surface area contributed by atoms with Crippen LogP contribution in [-0.4, -0.2) is 42.6 Å². The zero-order valence-corrected chi connectivity index (χ0v) is 14.4. The van der Waals surface area contributed by atoms with Crippen LogP contribution in [0.4, 0.5) is 0 Å². The van der Waals surface area contributed by atoms with Crippen molar-refractivity contribution in [2.45, 2.75) is 50.7 Å². The van der Waals surface area contributed by atoms with Crippen molar-refractivity contribution in [3.05, 3.63) is 35.4 Å². The SMILES string of the molecule is NC1(C(=O)NCc2ccc(CN3CCCCC3)cc2)CCOCC1. The third kappa shape index (κ3) is 4.56. The maximum atomic E-state index is 12.3. The molecule has 0 aliphatic carbocycles. The second-order valence-electron chi connectivity index (χ2n) is 7.10. The van der Waals surface area contributed by atoms with E-state index in [0.717, 1.165) is 12.1 Å². The maximum absolute atomic E-state index is 12.3. The molecule has 2 fully saturated rings. The highest BCUT2D eigenvalue weighted by atomic mass is 16.5. The Labute approximate surface area is 144 Å². The fourth-order valence-corrected chi connectivity index (χ4v) is 3.46. The van der Waals surface area contributed by atoms with E-state index in [1.165, 1.54) is 37.9 Å². The molecule has 5 nitrogen and oxygen atoms in total. The van der Waals surface area contributed by atoms with Gasteiger partial charge in [0, 0.05) is 26.3 Å². The maximum Gasteiger partial charge on any atom is 0.240 e. The van der Waals surface area contributed by atoms with Crippen molar-refractivity contribution in [1.29, 1.82) is 0 Å². The Morgan fingerprint density at radius 3 is 2.38 bits per heavy atom. The lowest BCUT2D eigenvalue weighted by Gasteiger charge is -2.31. The fraction of sp³-hybridized carbons (Fsp3) is 0.632. The molecule has 3 N–H and O–H groups in total. The quantitative estimate of drug-likeness (QED) is 0.863. The van der Waals surface area contributed by atoms with Crippen LogP contribution in [0, 0.1) is 0 Å². The van der Waals surface area contributed by atoms with Crippen molar-refractivity contribution >= 4 is 5.91 Å². The van der Waals surface area contributed by atoms with Crippen LogP contribution in [0.5, 0.6) is 0 Å². The molecule has 0 atom stereocenters. The monoisotopic (exact) mass is 331 g/mol. The van der Waals surface area contributed by atoms with Crippen molar-refractivity contribution in [3.63, 3.8) is 0 Å². The van der Waals surface area contributed by atoms with Crippen LogP contribution in [0.15, 0.2) is 24.3 Å². The fourth-order valence-electron chi connectivity index (χ4n) is 3.46. The number of piperidine rings is 1. The summed E-state index contributed by atoms with van der Waals surface area (Å²) < 4.78 is 5.29. The van der Waals surface area contributed by atoms with E-state index in [0.29, 0.717) is 32.6 Å². The van der Waals surface area contributed by atoms with Crippen molar-refractivity contribution in [2.24, 2.45) is 5.73 Å². The van der Waals surface area contributed by atoms with Gasteiger partial charge in [-0.2, -0.15) is 0 Å². The number of benzene rings is 1. The highest BCUT2D eigenvalue weighted by molar-refractivity contribution is 5.86. The van der Waals surface area contributed by atoms with Gasteiger partial charge in [-0.15, -0.1) is 0 Å². The molecule has 5 heteroatoms. The van der Waals surface area contributed by atoms with Crippen LogP contribution in [0.1, 0.15) is 43.2 Å². The first-order chi connectivity index (χ1) is 11.7. The Balaban J connectivity index is 1.48. The molecule has 24 heavy (non-hydrogen) atoms. The number of ether oxygens (including phenoxy) is 1. The number of nitrogens with one attached hydrogen (secondary N) is 1. The molecular weight excluding hydrogens is 302 g/mol. The highest BCUT2D eigenvalue weighted by Gasteiger charge is 2.35. The van der Waals surface area contributed by atoms with Gasteiger partial charge in [-0.05, 0) is 49.9 Å². The van der Waals surface area contributed by atoms with E-state index in [4.69, 9.17) is 10.5 Å². The summed E-state index contributed by atoms with van der Waals surface area (Å²) in [6.07, 6.45) is 5.18. The molecular formula is C19H29N3O2. The van der Waals surface area contributed by atoms with E-state index in [1.807, 2.05) is 0 Å². The van der Waals surface area contributed by atoms with Gasteiger partial charge in [-0.1, -0.05) is 30.7 Å². The van der Waals surface area contributed by atoms with Gasteiger partial charge in [-0.25, -0.2) is 0 Å². The molecule has 0 aromatic heterocycles. The van der Waals surface area contributed by atoms with Gasteiger partial charge in [0.25, 0.3) is 0 Å². The van der Waals surface area contributed by atoms with Crippen LogP contribution in [-0.2, 0) is 22.6 Å². The molecule has 0 bridgehead atoms. The van der Waals surface area contributed by atoms with Gasteiger partial charge in [0.1, 0.15) is 0 Å². The summed E-state index contributed by atoms with van der Waals surface area (Å²) >= 11 is 0. The Kier molecular flexibility index (Phi) is 5.87. The zero-order valence-electron chi connectivity index (χ0n) is 14.4. The summed E-state index contributed by atoms with van der Waals surface area (Å²) in [5, 5.41) is 2.98. The number of nitrogens with zero attached hydrogens (tertiary/aromatic N) is 1. The molecule has 132 valence electrons. The van der Waals surface area contributed by atoms with Gasteiger partial charge in [0.2, 0.25) is 5.91 Å². The second kappa shape index (κ2) is 8.10. The number of likely N-dealkylation sites (tertiary alicyclic amines) is 1. The van der Waals surface area contributed by atoms with Crippen LogP contribution >= 0.6 is 0 Å². The first-order valence-corrected chi connectivity index (χ1v) is 9.11. The minimum Gasteiger partial charge on any atom is -0.381 e. The lowest BCUT2D eigenvalue weighted by molar-refractivity contribution is -0.129. The molecule has 1 aromatic carbocycles. The molecule has 2 aliphatic rings. The van der Waals surface area contributed by atoms with Gasteiger partial charge >= 0.3 is 0 Å². The average molecular weight is 331 g/mol. The molecule has 2 heterocycles. The predicted octanol–water partition coefficient (Wildman–Crippen LogP) is 1.80. The molecule has 1 amide bonds. The van der Waals surface area contributed by atoms with Crippen LogP contribution < -0.4 is 11.1 Å². The number of nitrogens with two attached hydrogens (primary N) is 1. The summed E-state index contributed by atoms with van der Waals surface area (Å²) in [6, 6.07) is 8.55. The van der Waals surface area contributed by atoms with Gasteiger partial charge in [-0.3, -0.25) is 9.69 Å². The number of hydrogen-bond acceptors (Lipinski definition) is 4. The largest absolute Gasteiger partial charge is 0.381 e. The topological polar surface area (TPSA) is 67.6 Å². The molecule has 2 saturated heterocycles. The second-order valence-corrected chi connectivity index (χ2v) is 7.10. The summed E-state index contributed by atoms with van der Waals surface area (Å²) in [7, 11) is 0. The Morgan fingerprint density at radius 2 is 1.71 bits per heavy atom. The van der Waals surface area contributed by atoms with E-state index in [-0.39, 0.29) is 5.91 Å². The Hall–Kier alpha value is -1.43. The lowest BCUT2D eigenvalue weighted by Crippen LogP contribution is -2.56. The minimum absolute atomic E-state index is 0.0665. The van der Waals surface area contributed by atoms with Gasteiger partial charge < -0.3 is 15.8 Å². The van der Waals surface area contributed by atoms with Crippen molar-refractivity contribution in [1.82, 2.24) is 10.2 Å². The van der Waals surface area contributed by atoms with E-state index in [9.17, 15) is 4.79 Å². The Bertz CT molecular complexity index is 532. The third-order valence-corrected chi connectivity index (χ3v) is 5.17. The molecule has 0 spiro atoms. The van der Waals surface area contributed by atoms with Crippen LogP contribution in [0.3, 0.4) is 0 Å². The highest BCUT2D eigenvalue weighted by Crippen LogP contribution is 2.18. The van der Waals surface area contributed by atoms with Crippen molar-refractivity contribution < 1.29 is 9.53 Å². The van der Waals surface area contributed by atoms with Crippen molar-refractivity contribution in [2.75, 3.05) is 26.3 Å². The molecule has 0 radical (unpaired) electrons. The summed E-state index contributed by atoms with van der Waals surface area (Å²) in [6.45, 7) is 5.10. The van der Waals surface area contributed by atoms with Crippen LogP contribution in [0.25, 0.3) is 0 Å². The van der Waals surface area contributed by atoms with Crippen LogP contribution in [0.2, 0.25) is 0 Å². The number of carbonyl (C=O) groups is 1. The standard InChI is InChI=1S/C19H29N3O2/c20-19(8-12-24-13-9-19)18(23)21-14-16-4-6-17(7-5-16)15-22-10-2-1-3-11-22/h4-7H,1-3,8-15,20H2,(H,21,23). The molecule has 1 aromatic rings. The molecule has 3 rings (SSSR count). The van der Waals surface area contributed by atoms with Gasteiger partial charge in [0.05, 0.1) is 5.54 Å². The number of amides is 1. The molecule has 2 aliphatic heterocycles. The average Bonchev–Trinajstić information content (AvgIpc) is 2.62. The normalized spacial score (nSPS) is 21.4. The number of carbonyl (C=O) groups excluding carboxylic acids is 1. The predicted molar refractivity (Wildman–Crippen MR) is 94.4 cm³/mol. The minimum atomic E-state index is -0.771. The summed E-state index contributed by atoms with van der Waals surface area (Å²) in [5.74, 6) is -0.0665. The smallest absolute Gasteiger partial charge is 0.240 e. The molecule has 0 unspecified atom stereocenters. The van der Waals surface area contributed by atoms with E-state index in [1.54, 1.807) is 0 Å². The third-order valence-electron chi connectivity index (χ3n) is 5.17. The summed E-state index contributed by atoms with van der Waals surface area (Å²) in [5.41, 5.74) is 7.88. The first-order valence-electron chi connectivity index (χ1n) is 9.11. The Morgan fingerprint density at radius 1 is 1.08 bits per heavy atom. The number of hydrogen-bond donors (Lipinski definition) is 2. The lowest BCUT2D eigenvalue weighted by atomic mass is 9.90. The van der Waals surface area contributed by atoms with Crippen molar-refractivity contribution in [3.8, 4) is 0 Å². The zero-order chi connectivity index (χ0) is 16.8. The van der Waals surface area contributed by atoms with Gasteiger partial charge in [0.15, 0.2) is 0 Å². The first kappa shape index (κ1) is 17.4.